The van der Waals surface area contributed by atoms with E-state index in [2.05, 4.69) is 55.5 Å². The summed E-state index contributed by atoms with van der Waals surface area (Å²) in [5, 5.41) is 36.4. The number of nitrogens with one attached hydrogen (secondary N) is 2. The summed E-state index contributed by atoms with van der Waals surface area (Å²) in [7, 11) is 0. The number of aliphatic hydroxyl groups is 2. The molecule has 32 nitrogen and oxygen atoms in total. The van der Waals surface area contributed by atoms with Crippen molar-refractivity contribution in [1.29, 1.82) is 0 Å². The van der Waals surface area contributed by atoms with Crippen LogP contribution < -0.4 is 30.2 Å². The normalized spacial score (nSPS) is 16.9. The maximum Gasteiger partial charge on any atom is 0.425 e. The number of fused-ring (bicyclic) bond motifs is 2. The number of imidazole rings is 2. The van der Waals surface area contributed by atoms with Crippen LogP contribution in [0.15, 0.2) is 67.8 Å². The van der Waals surface area contributed by atoms with Gasteiger partial charge in [0.2, 0.25) is 0 Å². The maximum absolute atomic E-state index is 14.3. The second-order valence-corrected chi connectivity index (χ2v) is 34.5. The van der Waals surface area contributed by atoms with Gasteiger partial charge in [-0.15, -0.1) is 0 Å². The molecule has 0 bridgehead atoms. The van der Waals surface area contributed by atoms with Crippen LogP contribution in [-0.4, -0.2) is 201 Å². The van der Waals surface area contributed by atoms with Crippen LogP contribution in [0.2, 0.25) is 10.3 Å². The average Bonchev–Trinajstić information content (AvgIpc) is 1.54. The molecule has 0 saturated carbocycles. The van der Waals surface area contributed by atoms with Gasteiger partial charge in [-0.1, -0.05) is 44.0 Å². The Bertz CT molecular complexity index is 4960. The van der Waals surface area contributed by atoms with Crippen molar-refractivity contribution in [2.45, 2.75) is 233 Å². The predicted octanol–water partition coefficient (Wildman–Crippen LogP) is 14.6. The van der Waals surface area contributed by atoms with E-state index in [0.29, 0.717) is 38.8 Å². The standard InChI is InChI=1S/2C38H47ClF3N9O7/c1-35(2,3)56-32(53)48-38(27(52)29(41)42)13-10-14-49(18-38)25-16-43-24(23-12-11-22(40)28(39)47-23)15-21(25)17-50-20-46-26-30(50)44-19-45-31(26)51(33(54)57-36(4,5)6)34(55)58-37(7,8)9;1-35(2,3)31-46-29-25(30(47-31)51(33(54)55)34(56)58-37(7,8)9)44-19-50(29)17-20-15-23(22-12-11-21(40)27(39)45-22)43-16-24(20)49-14-10-13-38(18-49,26(52)28(41)42)48-32(53)57-36(4,5)6/h11-12,15-16,19-20,27,29,52H,10,13-14,17-18H2,1-9H3,(H,48,53);11-12,15-16,19,26,28,52H,10,13-14,17-18H2,1-9H3,(H,48,53)(H,54,55). The number of amides is 6. The summed E-state index contributed by atoms with van der Waals surface area (Å²) >= 11 is 12.0. The molecule has 0 radical (unpaired) electrons. The zero-order valence-corrected chi connectivity index (χ0v) is 68.8. The molecular formula is C76H94Cl2F6N18O14. The molecule has 40 heteroatoms. The minimum absolute atomic E-state index is 0.00471. The van der Waals surface area contributed by atoms with Gasteiger partial charge in [-0.05, 0) is 177 Å². The third-order valence-electron chi connectivity index (χ3n) is 17.4. The van der Waals surface area contributed by atoms with Crippen LogP contribution in [0.25, 0.3) is 45.1 Å². The van der Waals surface area contributed by atoms with Crippen LogP contribution in [0.3, 0.4) is 0 Å². The summed E-state index contributed by atoms with van der Waals surface area (Å²) in [4.78, 5) is 127. The van der Waals surface area contributed by atoms with Gasteiger partial charge in [0.25, 0.3) is 12.9 Å². The Morgan fingerprint density at radius 1 is 0.509 bits per heavy atom. The highest BCUT2D eigenvalue weighted by Crippen LogP contribution is 2.40. The summed E-state index contributed by atoms with van der Waals surface area (Å²) in [6.07, 6.45) is -10.6. The lowest BCUT2D eigenvalue weighted by atomic mass is 9.83. The number of carbonyl (C=O) groups excluding carboxylic acids is 5. The molecule has 2 aliphatic rings. The van der Waals surface area contributed by atoms with Gasteiger partial charge in [-0.3, -0.25) is 9.97 Å². The molecule has 10 heterocycles. The lowest BCUT2D eigenvalue weighted by Crippen LogP contribution is -2.67. The van der Waals surface area contributed by atoms with Gasteiger partial charge in [-0.2, -0.15) is 9.80 Å². The van der Waals surface area contributed by atoms with Gasteiger partial charge in [0.15, 0.2) is 55.9 Å². The number of alkyl carbamates (subject to hydrolysis) is 2. The van der Waals surface area contributed by atoms with Gasteiger partial charge in [-0.25, -0.2) is 95.0 Å². The van der Waals surface area contributed by atoms with E-state index in [4.69, 9.17) is 51.9 Å². The number of carboxylic acid groups (broad SMARTS) is 1. The fourth-order valence-corrected chi connectivity index (χ4v) is 12.9. The molecule has 8 aromatic heterocycles. The topological polar surface area (TPSA) is 385 Å². The third-order valence-corrected chi connectivity index (χ3v) is 18.0. The number of alkyl halides is 4. The molecular weight excluding hydrogens is 1570 g/mol. The number of carbonyl (C=O) groups is 6. The Balaban J connectivity index is 0.000000265. The van der Waals surface area contributed by atoms with Crippen LogP contribution in [0.1, 0.15) is 167 Å². The number of hydrogen-bond acceptors (Lipinski definition) is 25. The molecule has 0 spiro atoms. The number of aliphatic hydroxyl groups excluding tert-OH is 2. The van der Waals surface area contributed by atoms with E-state index in [1.165, 1.54) is 37.2 Å². The summed E-state index contributed by atoms with van der Waals surface area (Å²) < 4.78 is 116. The van der Waals surface area contributed by atoms with Crippen molar-refractivity contribution in [3.05, 3.63) is 107 Å². The second kappa shape index (κ2) is 34.3. The second-order valence-electron chi connectivity index (χ2n) is 33.8. The first-order valence-corrected chi connectivity index (χ1v) is 37.4. The van der Waals surface area contributed by atoms with Crippen LogP contribution in [0.5, 0.6) is 0 Å². The number of piperidine rings is 2. The quantitative estimate of drug-likeness (QED) is 0.0341. The van der Waals surface area contributed by atoms with Crippen molar-refractivity contribution >= 4 is 105 Å². The highest BCUT2D eigenvalue weighted by atomic mass is 35.5. The van der Waals surface area contributed by atoms with Crippen molar-refractivity contribution in [2.75, 3.05) is 45.8 Å². The molecule has 628 valence electrons. The molecule has 5 N–H and O–H groups in total. The molecule has 6 amide bonds. The molecule has 116 heavy (non-hydrogen) atoms. The van der Waals surface area contributed by atoms with E-state index in [9.17, 15) is 70.4 Å². The van der Waals surface area contributed by atoms with Gasteiger partial charge in [0, 0.05) is 31.6 Å². The molecule has 2 fully saturated rings. The summed E-state index contributed by atoms with van der Waals surface area (Å²) in [6.45, 7) is 29.6. The zero-order valence-electron chi connectivity index (χ0n) is 67.2. The van der Waals surface area contributed by atoms with Crippen LogP contribution >= 0.6 is 23.2 Å². The minimum atomic E-state index is -3.22. The Hall–Kier alpha value is -10.6. The number of aromatic nitrogens is 12. The maximum atomic E-state index is 14.3. The van der Waals surface area contributed by atoms with Crippen molar-refractivity contribution in [2.24, 2.45) is 0 Å². The number of pyridine rings is 4. The van der Waals surface area contributed by atoms with Crippen molar-refractivity contribution in [1.82, 2.24) is 69.6 Å². The monoisotopic (exact) mass is 1670 g/mol. The number of imide groups is 2. The molecule has 0 aromatic carbocycles. The largest absolute Gasteiger partial charge is 0.464 e. The molecule has 0 aliphatic carbocycles. The lowest BCUT2D eigenvalue weighted by Gasteiger charge is -2.46. The number of halogens is 8. The number of anilines is 4. The van der Waals surface area contributed by atoms with E-state index in [-0.39, 0.29) is 126 Å². The number of nitrogens with zero attached hydrogens (tertiary/aromatic N) is 16. The fourth-order valence-electron chi connectivity index (χ4n) is 12.6. The van der Waals surface area contributed by atoms with E-state index in [1.54, 1.807) is 156 Å². The van der Waals surface area contributed by atoms with E-state index >= 15 is 0 Å². The smallest absolute Gasteiger partial charge is 0.425 e. The molecule has 2 saturated heterocycles. The highest BCUT2D eigenvalue weighted by Gasteiger charge is 2.51. The highest BCUT2D eigenvalue weighted by molar-refractivity contribution is 6.30. The van der Waals surface area contributed by atoms with Crippen molar-refractivity contribution in [3.63, 3.8) is 0 Å². The molecule has 4 atom stereocenters. The first-order valence-electron chi connectivity index (χ1n) is 36.6. The Kier molecular flexibility index (Phi) is 26.4. The van der Waals surface area contributed by atoms with Crippen LogP contribution in [0.4, 0.5) is 78.1 Å². The van der Waals surface area contributed by atoms with Gasteiger partial charge in [0.1, 0.15) is 52.4 Å². The molecule has 8 aromatic rings. The van der Waals surface area contributed by atoms with Crippen molar-refractivity contribution in [3.8, 4) is 22.8 Å². The average molecular weight is 1670 g/mol. The van der Waals surface area contributed by atoms with Crippen LogP contribution in [0, 0.1) is 11.6 Å². The van der Waals surface area contributed by atoms with Gasteiger partial charge >= 0.3 is 36.6 Å². The first-order chi connectivity index (χ1) is 53.6. The third kappa shape index (κ3) is 21.9. The van der Waals surface area contributed by atoms with E-state index < -0.39 is 123 Å². The number of hydrogen-bond donors (Lipinski definition) is 5. The minimum Gasteiger partial charge on any atom is -0.464 e. The van der Waals surface area contributed by atoms with E-state index in [0.717, 1.165) is 18.5 Å². The first kappa shape index (κ1) is 89.3. The van der Waals surface area contributed by atoms with Crippen LogP contribution in [-0.2, 0) is 42.2 Å². The summed E-state index contributed by atoms with van der Waals surface area (Å²) in [6, 6.07) is 8.28. The zero-order chi connectivity index (χ0) is 86.1. The van der Waals surface area contributed by atoms with E-state index in [1.807, 2.05) is 0 Å². The Labute approximate surface area is 674 Å². The summed E-state index contributed by atoms with van der Waals surface area (Å²) in [5.74, 6) is -1.88. The summed E-state index contributed by atoms with van der Waals surface area (Å²) in [5.41, 5.74) is -6.45. The predicted molar refractivity (Wildman–Crippen MR) is 415 cm³/mol. The Morgan fingerprint density at radius 2 is 0.897 bits per heavy atom. The molecule has 2 aliphatic heterocycles. The number of rotatable bonds is 16. The lowest BCUT2D eigenvalue weighted by molar-refractivity contribution is -0.0666. The Morgan fingerprint density at radius 3 is 1.27 bits per heavy atom. The molecule has 4 unspecified atom stereocenters. The van der Waals surface area contributed by atoms with Crippen molar-refractivity contribution < 1.29 is 94.1 Å². The SMILES string of the molecule is CC(C)(C)OC(=O)NC1(C(O)C(F)F)CCCN(c2cnc(-c3ccc(F)c(Cl)n3)cc2Cn2cnc3c(N(C(=O)O)C(=O)OC(C)(C)C)nc(C(C)(C)C)nc32)C1.CC(C)(C)OC(=O)NC1(C(O)C(F)F)CCCN(c2cnc(-c3ccc(F)c(Cl)n3)cc2Cn2cnc3c(N(C(=O)OC(C)(C)C)C(=O)OC(C)(C)C)ncnc32)C1. The van der Waals surface area contributed by atoms with Gasteiger partial charge < -0.3 is 68.6 Å². The fraction of sp³-hybridized carbons (Fsp3) is 0.526. The molecule has 10 rings (SSSR count). The van der Waals surface area contributed by atoms with Gasteiger partial charge in [0.05, 0.1) is 83.4 Å². The number of ether oxygens (including phenoxy) is 5.